The number of rotatable bonds is 8. The molecule has 1 fully saturated rings. The second-order valence-corrected chi connectivity index (χ2v) is 5.76. The first-order chi connectivity index (χ1) is 8.25. The van der Waals surface area contributed by atoms with Crippen molar-refractivity contribution >= 4 is 11.3 Å². The summed E-state index contributed by atoms with van der Waals surface area (Å²) in [4.78, 5) is 1.30. The summed E-state index contributed by atoms with van der Waals surface area (Å²) in [6.07, 6.45) is 2.18. The van der Waals surface area contributed by atoms with Gasteiger partial charge in [0.1, 0.15) is 0 Å². The van der Waals surface area contributed by atoms with Gasteiger partial charge in [0, 0.05) is 24.1 Å². The summed E-state index contributed by atoms with van der Waals surface area (Å²) in [6.45, 7) is 3.96. The lowest BCUT2D eigenvalue weighted by atomic mass is 10.2. The van der Waals surface area contributed by atoms with Crippen molar-refractivity contribution in [2.75, 3.05) is 19.8 Å². The smallest absolute Gasteiger partial charge is 0.0897 e. The third-order valence-corrected chi connectivity index (χ3v) is 4.05. The molecule has 2 rings (SSSR count). The van der Waals surface area contributed by atoms with Crippen LogP contribution in [-0.4, -0.2) is 31.0 Å². The second-order valence-electron chi connectivity index (χ2n) is 4.78. The quantitative estimate of drug-likeness (QED) is 0.748. The Kier molecular flexibility index (Phi) is 4.98. The Labute approximate surface area is 107 Å². The Hall–Kier alpha value is -0.420. The Bertz CT molecular complexity index is 311. The molecule has 96 valence electrons. The van der Waals surface area contributed by atoms with Crippen LogP contribution in [0.25, 0.3) is 0 Å². The van der Waals surface area contributed by atoms with Crippen molar-refractivity contribution in [3.8, 4) is 0 Å². The minimum Gasteiger partial charge on any atom is -0.389 e. The number of aliphatic hydroxyl groups is 1. The summed E-state index contributed by atoms with van der Waals surface area (Å²) < 4.78 is 5.45. The zero-order valence-electron chi connectivity index (χ0n) is 10.3. The van der Waals surface area contributed by atoms with E-state index in [-0.39, 0.29) is 0 Å². The van der Waals surface area contributed by atoms with Crippen molar-refractivity contribution in [1.29, 1.82) is 0 Å². The van der Waals surface area contributed by atoms with Crippen LogP contribution in [0.15, 0.2) is 17.5 Å². The fraction of sp³-hybridized carbons (Fsp3) is 0.692. The van der Waals surface area contributed by atoms with Crippen LogP contribution in [0.5, 0.6) is 0 Å². The molecule has 0 saturated heterocycles. The zero-order chi connectivity index (χ0) is 12.1. The van der Waals surface area contributed by atoms with E-state index in [4.69, 9.17) is 4.74 Å². The first kappa shape index (κ1) is 13.0. The Balaban J connectivity index is 1.56. The van der Waals surface area contributed by atoms with Crippen LogP contribution in [0.2, 0.25) is 0 Å². The topological polar surface area (TPSA) is 41.5 Å². The molecular weight excluding hydrogens is 234 g/mol. The van der Waals surface area contributed by atoms with Gasteiger partial charge >= 0.3 is 0 Å². The van der Waals surface area contributed by atoms with E-state index in [0.29, 0.717) is 19.2 Å². The molecule has 0 aromatic carbocycles. The molecule has 1 aliphatic rings. The van der Waals surface area contributed by atoms with Crippen LogP contribution in [0, 0.1) is 5.92 Å². The number of nitrogens with one attached hydrogen (secondary N) is 1. The van der Waals surface area contributed by atoms with Gasteiger partial charge in [0.2, 0.25) is 0 Å². The Morgan fingerprint density at radius 3 is 3.06 bits per heavy atom. The van der Waals surface area contributed by atoms with Crippen molar-refractivity contribution in [1.82, 2.24) is 5.32 Å². The van der Waals surface area contributed by atoms with E-state index in [1.54, 1.807) is 11.3 Å². The number of hydrogen-bond donors (Lipinski definition) is 2. The van der Waals surface area contributed by atoms with Crippen molar-refractivity contribution in [2.24, 2.45) is 5.92 Å². The van der Waals surface area contributed by atoms with Crippen LogP contribution in [-0.2, 0) is 4.74 Å². The van der Waals surface area contributed by atoms with E-state index in [9.17, 15) is 5.11 Å². The van der Waals surface area contributed by atoms with Gasteiger partial charge in [-0.05, 0) is 37.1 Å². The standard InChI is InChI=1S/C13H21NO2S/c1-10(13-3-2-6-17-13)14-7-12(15)9-16-8-11-4-5-11/h2-3,6,10-12,14-15H,4-5,7-9H2,1H3/t10-,12?/m1/s1. The number of thiophene rings is 1. The summed E-state index contributed by atoms with van der Waals surface area (Å²) >= 11 is 1.74. The van der Waals surface area contributed by atoms with E-state index in [1.165, 1.54) is 17.7 Å². The fourth-order valence-corrected chi connectivity index (χ4v) is 2.42. The van der Waals surface area contributed by atoms with Gasteiger partial charge in [-0.2, -0.15) is 0 Å². The lowest BCUT2D eigenvalue weighted by Crippen LogP contribution is -2.32. The van der Waals surface area contributed by atoms with Crippen molar-refractivity contribution in [3.63, 3.8) is 0 Å². The minimum absolute atomic E-state index is 0.299. The summed E-state index contributed by atoms with van der Waals surface area (Å²) in [5, 5.41) is 15.1. The van der Waals surface area contributed by atoms with Gasteiger partial charge in [-0.3, -0.25) is 0 Å². The van der Waals surface area contributed by atoms with Crippen LogP contribution in [0.4, 0.5) is 0 Å². The first-order valence-corrected chi connectivity index (χ1v) is 7.16. The van der Waals surface area contributed by atoms with Gasteiger partial charge in [0.05, 0.1) is 12.7 Å². The van der Waals surface area contributed by atoms with Crippen LogP contribution >= 0.6 is 11.3 Å². The van der Waals surface area contributed by atoms with E-state index in [0.717, 1.165) is 12.5 Å². The van der Waals surface area contributed by atoms with E-state index >= 15 is 0 Å². The molecule has 1 heterocycles. The maximum Gasteiger partial charge on any atom is 0.0897 e. The van der Waals surface area contributed by atoms with Gasteiger partial charge in [-0.1, -0.05) is 6.07 Å². The van der Waals surface area contributed by atoms with Gasteiger partial charge in [-0.15, -0.1) is 11.3 Å². The molecule has 2 atom stereocenters. The third kappa shape index (κ3) is 4.76. The predicted octanol–water partition coefficient (Wildman–Crippen LogP) is 2.19. The molecule has 4 heteroatoms. The summed E-state index contributed by atoms with van der Waals surface area (Å²) in [6, 6.07) is 4.46. The predicted molar refractivity (Wildman–Crippen MR) is 70.3 cm³/mol. The summed E-state index contributed by atoms with van der Waals surface area (Å²) in [5.41, 5.74) is 0. The second kappa shape index (κ2) is 6.50. The Morgan fingerprint density at radius 1 is 1.59 bits per heavy atom. The van der Waals surface area contributed by atoms with Gasteiger partial charge in [0.15, 0.2) is 0 Å². The number of ether oxygens (including phenoxy) is 1. The molecule has 0 aliphatic heterocycles. The average Bonchev–Trinajstić information content (AvgIpc) is 2.97. The summed E-state index contributed by atoms with van der Waals surface area (Å²) in [7, 11) is 0. The zero-order valence-corrected chi connectivity index (χ0v) is 11.1. The molecule has 2 N–H and O–H groups in total. The third-order valence-electron chi connectivity index (χ3n) is 2.99. The average molecular weight is 255 g/mol. The molecule has 1 aromatic rings. The Morgan fingerprint density at radius 2 is 2.41 bits per heavy atom. The molecule has 3 nitrogen and oxygen atoms in total. The van der Waals surface area contributed by atoms with Crippen molar-refractivity contribution in [2.45, 2.75) is 31.9 Å². The molecule has 1 unspecified atom stereocenters. The van der Waals surface area contributed by atoms with Crippen molar-refractivity contribution in [3.05, 3.63) is 22.4 Å². The van der Waals surface area contributed by atoms with Crippen LogP contribution < -0.4 is 5.32 Å². The van der Waals surface area contributed by atoms with Gasteiger partial charge in [0.25, 0.3) is 0 Å². The molecular formula is C13H21NO2S. The highest BCUT2D eigenvalue weighted by atomic mass is 32.1. The van der Waals surface area contributed by atoms with E-state index < -0.39 is 6.10 Å². The molecule has 1 saturated carbocycles. The summed E-state index contributed by atoms with van der Waals surface area (Å²) in [5.74, 6) is 0.764. The minimum atomic E-state index is -0.406. The lowest BCUT2D eigenvalue weighted by molar-refractivity contribution is 0.0315. The molecule has 0 amide bonds. The van der Waals surface area contributed by atoms with E-state index in [1.807, 2.05) is 6.07 Å². The fourth-order valence-electron chi connectivity index (χ4n) is 1.67. The maximum atomic E-state index is 9.74. The maximum absolute atomic E-state index is 9.74. The number of aliphatic hydroxyl groups excluding tert-OH is 1. The van der Waals surface area contributed by atoms with Crippen LogP contribution in [0.3, 0.4) is 0 Å². The highest BCUT2D eigenvalue weighted by Crippen LogP contribution is 2.28. The highest BCUT2D eigenvalue weighted by molar-refractivity contribution is 7.10. The molecule has 1 aromatic heterocycles. The van der Waals surface area contributed by atoms with E-state index in [2.05, 4.69) is 23.7 Å². The highest BCUT2D eigenvalue weighted by Gasteiger charge is 2.21. The molecule has 17 heavy (non-hydrogen) atoms. The SMILES string of the molecule is C[C@@H](NCC(O)COCC1CC1)c1cccs1. The first-order valence-electron chi connectivity index (χ1n) is 6.28. The lowest BCUT2D eigenvalue weighted by Gasteiger charge is -2.16. The molecule has 0 bridgehead atoms. The van der Waals surface area contributed by atoms with Crippen molar-refractivity contribution < 1.29 is 9.84 Å². The number of hydrogen-bond acceptors (Lipinski definition) is 4. The molecule has 1 aliphatic carbocycles. The monoisotopic (exact) mass is 255 g/mol. The van der Waals surface area contributed by atoms with Gasteiger partial charge < -0.3 is 15.2 Å². The molecule has 0 radical (unpaired) electrons. The molecule has 0 spiro atoms. The van der Waals surface area contributed by atoms with Crippen LogP contribution in [0.1, 0.15) is 30.7 Å². The normalized spacial score (nSPS) is 19.2. The largest absolute Gasteiger partial charge is 0.389 e. The van der Waals surface area contributed by atoms with Gasteiger partial charge in [-0.25, -0.2) is 0 Å².